The number of methoxy groups -OCH3 is 1. The second-order valence-electron chi connectivity index (χ2n) is 9.64. The minimum Gasteiger partial charge on any atom is -0.497 e. The Hall–Kier alpha value is -4.58. The monoisotopic (exact) mass is 521 g/mol. The number of alkyl carbamates (subject to hydrolysis) is 1. The van der Waals surface area contributed by atoms with E-state index in [0.29, 0.717) is 0 Å². The summed E-state index contributed by atoms with van der Waals surface area (Å²) in [7, 11) is 1.65. The molecule has 2 N–H and O–H groups in total. The van der Waals surface area contributed by atoms with Crippen molar-refractivity contribution in [2.45, 2.75) is 31.7 Å². The lowest BCUT2D eigenvalue weighted by Crippen LogP contribution is -2.42. The molecule has 0 unspecified atom stereocenters. The van der Waals surface area contributed by atoms with Crippen LogP contribution in [0.2, 0.25) is 0 Å². The summed E-state index contributed by atoms with van der Waals surface area (Å²) in [4.78, 5) is 24.7. The van der Waals surface area contributed by atoms with E-state index in [1.165, 1.54) is 5.56 Å². The van der Waals surface area contributed by atoms with E-state index in [2.05, 4.69) is 24.4 Å². The van der Waals surface area contributed by atoms with Crippen LogP contribution in [-0.2, 0) is 22.4 Å². The molecule has 0 saturated carbocycles. The van der Waals surface area contributed by atoms with Crippen molar-refractivity contribution in [1.82, 2.24) is 5.32 Å². The van der Waals surface area contributed by atoms with E-state index in [9.17, 15) is 14.7 Å². The second kappa shape index (κ2) is 11.4. The molecule has 198 valence electrons. The van der Waals surface area contributed by atoms with Gasteiger partial charge in [-0.25, -0.2) is 9.59 Å². The zero-order valence-corrected chi connectivity index (χ0v) is 22.0. The molecule has 1 atom stereocenters. The number of hydrogen-bond donors (Lipinski definition) is 2. The van der Waals surface area contributed by atoms with E-state index in [1.807, 2.05) is 78.9 Å². The first-order valence-electron chi connectivity index (χ1n) is 13.1. The number of amides is 1. The number of nitrogens with one attached hydrogen (secondary N) is 1. The Kier molecular flexibility index (Phi) is 7.64. The van der Waals surface area contributed by atoms with Gasteiger partial charge in [0.1, 0.15) is 18.4 Å². The van der Waals surface area contributed by atoms with Gasteiger partial charge in [-0.05, 0) is 63.1 Å². The van der Waals surface area contributed by atoms with Gasteiger partial charge >= 0.3 is 12.1 Å². The fourth-order valence-corrected chi connectivity index (χ4v) is 5.31. The number of aryl methyl sites for hydroxylation is 1. The standard InChI is InChI=1S/C33H31NO5/c1-3-22-19-24(38-2)16-17-25(22)23-14-12-21(13-15-23)18-31(32(35)36)34-33(37)39-20-30-28-10-6-4-8-26(28)27-9-5-7-11-29(27)30/h4-17,19,30-31H,3,18,20H2,1-2H3,(H,34,37)(H,35,36)/t31-/m1/s1. The van der Waals surface area contributed by atoms with Crippen LogP contribution in [0.1, 0.15) is 35.1 Å². The molecule has 0 spiro atoms. The highest BCUT2D eigenvalue weighted by atomic mass is 16.5. The highest BCUT2D eigenvalue weighted by Crippen LogP contribution is 2.44. The molecule has 1 amide bonds. The normalized spacial score (nSPS) is 12.8. The second-order valence-corrected chi connectivity index (χ2v) is 9.64. The molecule has 4 aromatic carbocycles. The summed E-state index contributed by atoms with van der Waals surface area (Å²) in [6.07, 6.45) is 0.259. The maximum absolute atomic E-state index is 12.7. The Morgan fingerprint density at radius 1 is 0.872 bits per heavy atom. The molecule has 1 aliphatic rings. The molecule has 6 nitrogen and oxygen atoms in total. The number of carboxylic acids is 1. The predicted molar refractivity (Wildman–Crippen MR) is 151 cm³/mol. The number of benzene rings is 4. The van der Waals surface area contributed by atoms with Crippen LogP contribution < -0.4 is 10.1 Å². The average Bonchev–Trinajstić information content (AvgIpc) is 3.29. The number of carbonyl (C=O) groups is 2. The third kappa shape index (κ3) is 5.50. The lowest BCUT2D eigenvalue weighted by molar-refractivity contribution is -0.139. The van der Waals surface area contributed by atoms with Gasteiger partial charge in [-0.2, -0.15) is 0 Å². The van der Waals surface area contributed by atoms with E-state index >= 15 is 0 Å². The maximum atomic E-state index is 12.7. The fraction of sp³-hybridized carbons (Fsp3) is 0.212. The van der Waals surface area contributed by atoms with Gasteiger partial charge in [-0.3, -0.25) is 0 Å². The molecule has 4 aromatic rings. The van der Waals surface area contributed by atoms with Crippen LogP contribution in [0, 0.1) is 0 Å². The van der Waals surface area contributed by atoms with Gasteiger partial charge in [0, 0.05) is 12.3 Å². The summed E-state index contributed by atoms with van der Waals surface area (Å²) in [5, 5.41) is 12.3. The highest BCUT2D eigenvalue weighted by Gasteiger charge is 2.29. The van der Waals surface area contributed by atoms with Crippen LogP contribution in [0.5, 0.6) is 5.75 Å². The molecule has 0 saturated heterocycles. The third-order valence-corrected chi connectivity index (χ3v) is 7.33. The molecule has 0 bridgehead atoms. The summed E-state index contributed by atoms with van der Waals surface area (Å²) >= 11 is 0. The summed E-state index contributed by atoms with van der Waals surface area (Å²) in [6.45, 7) is 2.22. The number of hydrogen-bond acceptors (Lipinski definition) is 4. The highest BCUT2D eigenvalue weighted by molar-refractivity contribution is 5.81. The molecule has 0 aromatic heterocycles. The molecule has 0 radical (unpaired) electrons. The van der Waals surface area contributed by atoms with Crippen LogP contribution in [0.15, 0.2) is 91.0 Å². The Labute approximate surface area is 228 Å². The quantitative estimate of drug-likeness (QED) is 0.264. The lowest BCUT2D eigenvalue weighted by Gasteiger charge is -2.18. The van der Waals surface area contributed by atoms with Gasteiger partial charge in [0.25, 0.3) is 0 Å². The van der Waals surface area contributed by atoms with Crippen molar-refractivity contribution in [2.75, 3.05) is 13.7 Å². The topological polar surface area (TPSA) is 84.9 Å². The van der Waals surface area contributed by atoms with E-state index in [4.69, 9.17) is 9.47 Å². The first-order chi connectivity index (χ1) is 19.0. The lowest BCUT2D eigenvalue weighted by atomic mass is 9.96. The summed E-state index contributed by atoms with van der Waals surface area (Å²) < 4.78 is 10.9. The number of carbonyl (C=O) groups excluding carboxylic acids is 1. The number of ether oxygens (including phenoxy) is 2. The van der Waals surface area contributed by atoms with Crippen molar-refractivity contribution in [3.05, 3.63) is 113 Å². The predicted octanol–water partition coefficient (Wildman–Crippen LogP) is 6.46. The summed E-state index contributed by atoms with van der Waals surface area (Å²) in [6, 6.07) is 28.8. The molecular weight excluding hydrogens is 490 g/mol. The molecular formula is C33H31NO5. The van der Waals surface area contributed by atoms with Gasteiger partial charge in [0.15, 0.2) is 0 Å². The molecule has 0 fully saturated rings. The van der Waals surface area contributed by atoms with Gasteiger partial charge in [0.05, 0.1) is 7.11 Å². The van der Waals surface area contributed by atoms with Gasteiger partial charge in [0.2, 0.25) is 0 Å². The Balaban J connectivity index is 1.23. The third-order valence-electron chi connectivity index (χ3n) is 7.33. The zero-order valence-electron chi connectivity index (χ0n) is 22.0. The SMILES string of the molecule is CCc1cc(OC)ccc1-c1ccc(C[C@@H](NC(=O)OCC2c3ccccc3-c3ccccc32)C(=O)O)cc1. The summed E-state index contributed by atoms with van der Waals surface area (Å²) in [5.74, 6) is -0.392. The average molecular weight is 522 g/mol. The minimum absolute atomic E-state index is 0.0926. The van der Waals surface area contributed by atoms with Crippen molar-refractivity contribution < 1.29 is 24.2 Å². The van der Waals surface area contributed by atoms with Crippen molar-refractivity contribution >= 4 is 12.1 Å². The van der Waals surface area contributed by atoms with Crippen molar-refractivity contribution in [3.63, 3.8) is 0 Å². The smallest absolute Gasteiger partial charge is 0.407 e. The Bertz CT molecular complexity index is 1450. The van der Waals surface area contributed by atoms with Gasteiger partial charge < -0.3 is 19.9 Å². The number of fused-ring (bicyclic) bond motifs is 3. The zero-order chi connectivity index (χ0) is 27.4. The maximum Gasteiger partial charge on any atom is 0.407 e. The molecule has 39 heavy (non-hydrogen) atoms. The minimum atomic E-state index is -1.11. The first kappa shape index (κ1) is 26.0. The van der Waals surface area contributed by atoms with Crippen LogP contribution in [-0.4, -0.2) is 36.9 Å². The van der Waals surface area contributed by atoms with Crippen molar-refractivity contribution in [1.29, 1.82) is 0 Å². The van der Waals surface area contributed by atoms with Crippen molar-refractivity contribution in [2.24, 2.45) is 0 Å². The summed E-state index contributed by atoms with van der Waals surface area (Å²) in [5.41, 5.74) is 8.59. The van der Waals surface area contributed by atoms with Gasteiger partial charge in [-0.15, -0.1) is 0 Å². The first-order valence-corrected chi connectivity index (χ1v) is 13.1. The van der Waals surface area contributed by atoms with Crippen LogP contribution in [0.4, 0.5) is 4.79 Å². The fourth-order valence-electron chi connectivity index (χ4n) is 5.31. The van der Waals surface area contributed by atoms with Crippen LogP contribution in [0.3, 0.4) is 0 Å². The van der Waals surface area contributed by atoms with Gasteiger partial charge in [-0.1, -0.05) is 85.8 Å². The molecule has 6 heteroatoms. The van der Waals surface area contributed by atoms with E-state index < -0.39 is 18.1 Å². The number of rotatable bonds is 9. The molecule has 0 aliphatic heterocycles. The van der Waals surface area contributed by atoms with Crippen molar-refractivity contribution in [3.8, 4) is 28.0 Å². The van der Waals surface area contributed by atoms with E-state index in [0.717, 1.165) is 51.1 Å². The number of aliphatic carboxylic acids is 1. The van der Waals surface area contributed by atoms with Crippen LogP contribution in [0.25, 0.3) is 22.3 Å². The van der Waals surface area contributed by atoms with E-state index in [-0.39, 0.29) is 18.9 Å². The number of carboxylic acid groups (broad SMARTS) is 1. The molecule has 0 heterocycles. The Morgan fingerprint density at radius 2 is 1.51 bits per heavy atom. The molecule has 5 rings (SSSR count). The van der Waals surface area contributed by atoms with Crippen LogP contribution >= 0.6 is 0 Å². The Morgan fingerprint density at radius 3 is 2.10 bits per heavy atom. The largest absolute Gasteiger partial charge is 0.497 e. The van der Waals surface area contributed by atoms with E-state index in [1.54, 1.807) is 7.11 Å². The molecule has 1 aliphatic carbocycles.